The number of sulfonamides is 1. The lowest BCUT2D eigenvalue weighted by Crippen LogP contribution is -2.50. The highest BCUT2D eigenvalue weighted by Crippen LogP contribution is 2.24. The van der Waals surface area contributed by atoms with E-state index in [1.54, 1.807) is 24.1 Å². The molecule has 33 heavy (non-hydrogen) atoms. The second kappa shape index (κ2) is 9.11. The zero-order valence-corrected chi connectivity index (χ0v) is 20.0. The molecule has 1 atom stereocenters. The Morgan fingerprint density at radius 1 is 1.00 bits per heavy atom. The van der Waals surface area contributed by atoms with Gasteiger partial charge < -0.3 is 9.47 Å². The summed E-state index contributed by atoms with van der Waals surface area (Å²) in [5.41, 5.74) is 1.91. The van der Waals surface area contributed by atoms with E-state index in [-0.39, 0.29) is 42.5 Å². The van der Waals surface area contributed by atoms with Crippen molar-refractivity contribution in [3.63, 3.8) is 0 Å². The van der Waals surface area contributed by atoms with E-state index in [2.05, 4.69) is 13.8 Å². The summed E-state index contributed by atoms with van der Waals surface area (Å²) in [5.74, 6) is 0.126. The maximum Gasteiger partial charge on any atom is 0.254 e. The highest BCUT2D eigenvalue weighted by Gasteiger charge is 2.31. The van der Waals surface area contributed by atoms with E-state index in [0.717, 1.165) is 12.0 Å². The summed E-state index contributed by atoms with van der Waals surface area (Å²) in [7, 11) is -1.95. The first kappa shape index (κ1) is 23.2. The van der Waals surface area contributed by atoms with Crippen LogP contribution in [0.25, 0.3) is 10.9 Å². The molecule has 1 unspecified atom stereocenters. The van der Waals surface area contributed by atoms with Gasteiger partial charge in [-0.15, -0.1) is 0 Å². The van der Waals surface area contributed by atoms with Crippen molar-refractivity contribution in [2.45, 2.75) is 31.1 Å². The molecule has 3 aromatic rings. The second-order valence-corrected chi connectivity index (χ2v) is 10.5. The van der Waals surface area contributed by atoms with Crippen molar-refractivity contribution in [2.75, 3.05) is 26.2 Å². The van der Waals surface area contributed by atoms with Crippen LogP contribution in [0, 0.1) is 0 Å². The van der Waals surface area contributed by atoms with Gasteiger partial charge in [-0.3, -0.25) is 9.59 Å². The van der Waals surface area contributed by atoms with Crippen LogP contribution in [0.5, 0.6) is 0 Å². The zero-order chi connectivity index (χ0) is 23.8. The number of para-hydroxylation sites is 1. The number of carbonyl (C=O) groups is 1. The fourth-order valence-electron chi connectivity index (χ4n) is 4.24. The van der Waals surface area contributed by atoms with Crippen LogP contribution in [0.2, 0.25) is 0 Å². The Balaban J connectivity index is 1.51. The molecular formula is C25H29N3O4S. The van der Waals surface area contributed by atoms with Gasteiger partial charge in [0.15, 0.2) is 0 Å². The molecule has 1 amide bonds. The molecule has 0 radical (unpaired) electrons. The minimum Gasteiger partial charge on any atom is -0.336 e. The first-order valence-electron chi connectivity index (χ1n) is 11.2. The highest BCUT2D eigenvalue weighted by atomic mass is 32.2. The first-order chi connectivity index (χ1) is 15.7. The lowest BCUT2D eigenvalue weighted by atomic mass is 9.99. The van der Waals surface area contributed by atoms with Gasteiger partial charge in [0.05, 0.1) is 16.0 Å². The Morgan fingerprint density at radius 2 is 1.64 bits per heavy atom. The topological polar surface area (TPSA) is 79.7 Å². The number of hydrogen-bond acceptors (Lipinski definition) is 4. The predicted molar refractivity (Wildman–Crippen MR) is 129 cm³/mol. The molecule has 7 nitrogen and oxygen atoms in total. The number of hydrogen-bond donors (Lipinski definition) is 0. The van der Waals surface area contributed by atoms with Gasteiger partial charge in [-0.2, -0.15) is 4.31 Å². The summed E-state index contributed by atoms with van der Waals surface area (Å²) in [6, 6.07) is 15.8. The van der Waals surface area contributed by atoms with Crippen molar-refractivity contribution in [1.82, 2.24) is 13.8 Å². The maximum absolute atomic E-state index is 13.2. The van der Waals surface area contributed by atoms with Crippen LogP contribution in [0.1, 0.15) is 42.1 Å². The number of piperazine rings is 1. The Labute approximate surface area is 194 Å². The second-order valence-electron chi connectivity index (χ2n) is 8.55. The summed E-state index contributed by atoms with van der Waals surface area (Å²) in [5, 5.41) is 0.709. The summed E-state index contributed by atoms with van der Waals surface area (Å²) >= 11 is 0. The minimum absolute atomic E-state index is 0.212. The molecule has 1 saturated heterocycles. The molecule has 174 valence electrons. The van der Waals surface area contributed by atoms with E-state index >= 15 is 0 Å². The van der Waals surface area contributed by atoms with Crippen molar-refractivity contribution in [2.24, 2.45) is 7.05 Å². The smallest absolute Gasteiger partial charge is 0.254 e. The molecule has 2 heterocycles. The van der Waals surface area contributed by atoms with Crippen LogP contribution in [-0.4, -0.2) is 54.3 Å². The van der Waals surface area contributed by atoms with Gasteiger partial charge in [0.1, 0.15) is 0 Å². The molecule has 8 heteroatoms. The quantitative estimate of drug-likeness (QED) is 0.577. The minimum atomic E-state index is -3.63. The fourth-order valence-corrected chi connectivity index (χ4v) is 5.66. The van der Waals surface area contributed by atoms with Gasteiger partial charge in [0.2, 0.25) is 10.0 Å². The number of benzene rings is 2. The third kappa shape index (κ3) is 4.32. The van der Waals surface area contributed by atoms with Crippen LogP contribution in [-0.2, 0) is 17.1 Å². The van der Waals surface area contributed by atoms with Crippen molar-refractivity contribution in [1.29, 1.82) is 0 Å². The summed E-state index contributed by atoms with van der Waals surface area (Å²) in [6.07, 6.45) is 0.991. The molecule has 1 aromatic heterocycles. The number of rotatable bonds is 5. The molecule has 0 bridgehead atoms. The first-order valence-corrected chi connectivity index (χ1v) is 12.7. The Bertz CT molecular complexity index is 1340. The van der Waals surface area contributed by atoms with Crippen LogP contribution < -0.4 is 5.56 Å². The van der Waals surface area contributed by atoms with E-state index in [0.29, 0.717) is 22.4 Å². The molecular weight excluding hydrogens is 438 g/mol. The van der Waals surface area contributed by atoms with Gasteiger partial charge in [-0.1, -0.05) is 44.2 Å². The number of aryl methyl sites for hydroxylation is 1. The summed E-state index contributed by atoms with van der Waals surface area (Å²) in [4.78, 5) is 27.5. The van der Waals surface area contributed by atoms with Gasteiger partial charge >= 0.3 is 0 Å². The molecule has 0 saturated carbocycles. The van der Waals surface area contributed by atoms with E-state index in [1.165, 1.54) is 14.9 Å². The van der Waals surface area contributed by atoms with E-state index in [1.807, 2.05) is 36.4 Å². The lowest BCUT2D eigenvalue weighted by Gasteiger charge is -2.34. The largest absolute Gasteiger partial charge is 0.336 e. The lowest BCUT2D eigenvalue weighted by molar-refractivity contribution is 0.0699. The van der Waals surface area contributed by atoms with E-state index in [9.17, 15) is 18.0 Å². The van der Waals surface area contributed by atoms with Crippen molar-refractivity contribution in [3.8, 4) is 0 Å². The standard InChI is InChI=1S/C25H29N3O4S/c1-4-18(2)19-9-11-20(12-10-19)33(31,32)28-15-13-27(14-16-28)25(30)22-17-24(29)26(3)23-8-6-5-7-21(22)23/h5-12,17-18H,4,13-16H2,1-3H3. The molecule has 0 N–H and O–H groups in total. The molecule has 0 aliphatic carbocycles. The number of carbonyl (C=O) groups excluding carboxylic acids is 1. The number of aromatic nitrogens is 1. The van der Waals surface area contributed by atoms with Gasteiger partial charge in [0.25, 0.3) is 11.5 Å². The highest BCUT2D eigenvalue weighted by molar-refractivity contribution is 7.89. The van der Waals surface area contributed by atoms with E-state index < -0.39 is 10.0 Å². The number of amides is 1. The third-order valence-electron chi connectivity index (χ3n) is 6.61. The molecule has 0 spiro atoms. The van der Waals surface area contributed by atoms with Gasteiger partial charge in [-0.05, 0) is 36.1 Å². The molecule has 4 rings (SSSR count). The molecule has 1 aliphatic heterocycles. The van der Waals surface area contributed by atoms with Crippen LogP contribution in [0.3, 0.4) is 0 Å². The third-order valence-corrected chi connectivity index (χ3v) is 8.52. The SMILES string of the molecule is CCC(C)c1ccc(S(=O)(=O)N2CCN(C(=O)c3cc(=O)n(C)c4ccccc34)CC2)cc1. The van der Waals surface area contributed by atoms with Gasteiger partial charge in [0, 0.05) is 44.7 Å². The van der Waals surface area contributed by atoms with Crippen LogP contribution >= 0.6 is 0 Å². The number of pyridine rings is 1. The number of nitrogens with zero attached hydrogens (tertiary/aromatic N) is 3. The number of fused-ring (bicyclic) bond motifs is 1. The van der Waals surface area contributed by atoms with Gasteiger partial charge in [-0.25, -0.2) is 8.42 Å². The Kier molecular flexibility index (Phi) is 6.41. The van der Waals surface area contributed by atoms with Crippen molar-refractivity contribution in [3.05, 3.63) is 76.1 Å². The Morgan fingerprint density at radius 3 is 2.27 bits per heavy atom. The maximum atomic E-state index is 13.2. The van der Waals surface area contributed by atoms with Crippen molar-refractivity contribution < 1.29 is 13.2 Å². The fraction of sp³-hybridized carbons (Fsp3) is 0.360. The zero-order valence-electron chi connectivity index (χ0n) is 19.2. The summed E-state index contributed by atoms with van der Waals surface area (Å²) in [6.45, 7) is 5.19. The Hall–Kier alpha value is -2.97. The average molecular weight is 468 g/mol. The monoisotopic (exact) mass is 467 g/mol. The van der Waals surface area contributed by atoms with Crippen LogP contribution in [0.4, 0.5) is 0 Å². The summed E-state index contributed by atoms with van der Waals surface area (Å²) < 4.78 is 29.2. The normalized spacial score (nSPS) is 16.2. The van der Waals surface area contributed by atoms with Crippen LogP contribution in [0.15, 0.2) is 64.3 Å². The van der Waals surface area contributed by atoms with Crippen molar-refractivity contribution >= 4 is 26.8 Å². The molecule has 2 aromatic carbocycles. The molecule has 1 aliphatic rings. The van der Waals surface area contributed by atoms with E-state index in [4.69, 9.17) is 0 Å². The average Bonchev–Trinajstić information content (AvgIpc) is 2.85. The predicted octanol–water partition coefficient (Wildman–Crippen LogP) is 3.20. The molecule has 1 fully saturated rings.